The van der Waals surface area contributed by atoms with Crippen molar-refractivity contribution in [3.63, 3.8) is 0 Å². The van der Waals surface area contributed by atoms with Gasteiger partial charge < -0.3 is 5.32 Å². The highest BCUT2D eigenvalue weighted by molar-refractivity contribution is 6.33. The minimum Gasteiger partial charge on any atom is -0.353 e. The maximum atomic E-state index is 5.99. The molecule has 1 aliphatic rings. The molecular weight excluding hydrogens is 196 g/mol. The first-order valence-corrected chi connectivity index (χ1v) is 4.97. The predicted octanol–water partition coefficient (Wildman–Crippen LogP) is 3.38. The summed E-state index contributed by atoms with van der Waals surface area (Å²) in [4.78, 5) is 4.01. The van der Waals surface area contributed by atoms with Gasteiger partial charge in [-0.25, -0.2) is 0 Å². The molecule has 0 radical (unpaired) electrons. The van der Waals surface area contributed by atoms with Gasteiger partial charge in [-0.1, -0.05) is 23.8 Å². The number of rotatable bonds is 2. The lowest BCUT2D eigenvalue weighted by Gasteiger charge is -2.10. The van der Waals surface area contributed by atoms with Crippen LogP contribution in [-0.2, 0) is 0 Å². The molecule has 1 N–H and O–H groups in total. The van der Waals surface area contributed by atoms with Crippen LogP contribution in [0.4, 0.5) is 5.69 Å². The zero-order chi connectivity index (χ0) is 9.80. The Morgan fingerprint density at radius 3 is 3.00 bits per heavy atom. The highest BCUT2D eigenvalue weighted by Crippen LogP contribution is 2.22. The van der Waals surface area contributed by atoms with Crippen molar-refractivity contribution < 1.29 is 0 Å². The SMILES string of the molecule is Clc1ccncc1NC1=CCCC=C1. The van der Waals surface area contributed by atoms with Crippen molar-refractivity contribution >= 4 is 17.3 Å². The van der Waals surface area contributed by atoms with Crippen LogP contribution in [-0.4, -0.2) is 4.98 Å². The fourth-order valence-electron chi connectivity index (χ4n) is 1.33. The molecule has 1 aliphatic carbocycles. The van der Waals surface area contributed by atoms with E-state index in [1.54, 1.807) is 18.5 Å². The summed E-state index contributed by atoms with van der Waals surface area (Å²) in [5.41, 5.74) is 1.94. The lowest BCUT2D eigenvalue weighted by atomic mass is 10.1. The van der Waals surface area contributed by atoms with Gasteiger partial charge in [-0.05, 0) is 25.0 Å². The summed E-state index contributed by atoms with van der Waals surface area (Å²) in [6, 6.07) is 1.77. The van der Waals surface area contributed by atoms with Gasteiger partial charge in [-0.15, -0.1) is 0 Å². The quantitative estimate of drug-likeness (QED) is 0.803. The molecule has 1 aromatic rings. The molecule has 1 heterocycles. The van der Waals surface area contributed by atoms with E-state index in [0.717, 1.165) is 24.2 Å². The lowest BCUT2D eigenvalue weighted by molar-refractivity contribution is 1.02. The summed E-state index contributed by atoms with van der Waals surface area (Å²) in [5, 5.41) is 3.92. The topological polar surface area (TPSA) is 24.9 Å². The van der Waals surface area contributed by atoms with Crippen molar-refractivity contribution in [2.24, 2.45) is 0 Å². The Morgan fingerprint density at radius 1 is 1.36 bits per heavy atom. The summed E-state index contributed by atoms with van der Waals surface area (Å²) in [6.45, 7) is 0. The zero-order valence-corrected chi connectivity index (χ0v) is 8.46. The van der Waals surface area contributed by atoms with Crippen molar-refractivity contribution in [2.75, 3.05) is 5.32 Å². The number of halogens is 1. The Balaban J connectivity index is 2.14. The van der Waals surface area contributed by atoms with Crippen LogP contribution in [0.3, 0.4) is 0 Å². The van der Waals surface area contributed by atoms with Crippen molar-refractivity contribution in [3.05, 3.63) is 47.4 Å². The third kappa shape index (κ3) is 2.15. The van der Waals surface area contributed by atoms with E-state index in [9.17, 15) is 0 Å². The number of aromatic nitrogens is 1. The minimum atomic E-state index is 0.694. The molecule has 72 valence electrons. The fraction of sp³-hybridized carbons (Fsp3) is 0.182. The maximum absolute atomic E-state index is 5.99. The molecule has 0 atom stereocenters. The van der Waals surface area contributed by atoms with E-state index >= 15 is 0 Å². The molecule has 3 heteroatoms. The van der Waals surface area contributed by atoms with E-state index < -0.39 is 0 Å². The van der Waals surface area contributed by atoms with Crippen LogP contribution in [0.25, 0.3) is 0 Å². The number of pyridine rings is 1. The summed E-state index contributed by atoms with van der Waals surface area (Å²) in [5.74, 6) is 0. The number of allylic oxidation sites excluding steroid dienone is 3. The van der Waals surface area contributed by atoms with Crippen LogP contribution in [0.2, 0.25) is 5.02 Å². The molecule has 0 unspecified atom stereocenters. The maximum Gasteiger partial charge on any atom is 0.0759 e. The first-order valence-electron chi connectivity index (χ1n) is 4.59. The van der Waals surface area contributed by atoms with Crippen molar-refractivity contribution in [3.8, 4) is 0 Å². The number of anilines is 1. The summed E-state index contributed by atoms with van der Waals surface area (Å²) in [7, 11) is 0. The Kier molecular flexibility index (Phi) is 2.84. The molecule has 0 aromatic carbocycles. The molecule has 2 nitrogen and oxygen atoms in total. The second kappa shape index (κ2) is 4.29. The Labute approximate surface area is 88.3 Å². The minimum absolute atomic E-state index is 0.694. The molecule has 2 rings (SSSR count). The Hall–Kier alpha value is -1.28. The number of nitrogens with zero attached hydrogens (tertiary/aromatic N) is 1. The fourth-order valence-corrected chi connectivity index (χ4v) is 1.48. The second-order valence-electron chi connectivity index (χ2n) is 3.12. The number of hydrogen-bond donors (Lipinski definition) is 1. The van der Waals surface area contributed by atoms with Gasteiger partial charge in [-0.2, -0.15) is 0 Å². The zero-order valence-electron chi connectivity index (χ0n) is 7.70. The van der Waals surface area contributed by atoms with Gasteiger partial charge in [0.15, 0.2) is 0 Å². The van der Waals surface area contributed by atoms with Crippen LogP contribution in [0.1, 0.15) is 12.8 Å². The second-order valence-corrected chi connectivity index (χ2v) is 3.53. The first kappa shape index (κ1) is 9.28. The Bertz CT molecular complexity index is 383. The average Bonchev–Trinajstić information content (AvgIpc) is 2.23. The van der Waals surface area contributed by atoms with Crippen LogP contribution in [0.15, 0.2) is 42.4 Å². The summed E-state index contributed by atoms with van der Waals surface area (Å²) >= 11 is 5.99. The van der Waals surface area contributed by atoms with Crippen molar-refractivity contribution in [1.82, 2.24) is 4.98 Å². The predicted molar refractivity (Wildman–Crippen MR) is 59.3 cm³/mol. The van der Waals surface area contributed by atoms with E-state index in [4.69, 9.17) is 11.6 Å². The molecule has 14 heavy (non-hydrogen) atoms. The van der Waals surface area contributed by atoms with Gasteiger partial charge in [0, 0.05) is 11.9 Å². The third-order valence-corrected chi connectivity index (χ3v) is 2.37. The highest BCUT2D eigenvalue weighted by atomic mass is 35.5. The van der Waals surface area contributed by atoms with Gasteiger partial charge in [-0.3, -0.25) is 4.98 Å². The molecular formula is C11H11ClN2. The lowest BCUT2D eigenvalue weighted by Crippen LogP contribution is -1.99. The van der Waals surface area contributed by atoms with Gasteiger partial charge in [0.25, 0.3) is 0 Å². The largest absolute Gasteiger partial charge is 0.353 e. The molecule has 0 spiro atoms. The van der Waals surface area contributed by atoms with Crippen LogP contribution in [0, 0.1) is 0 Å². The molecule has 0 saturated carbocycles. The normalized spacial score (nSPS) is 15.1. The standard InChI is InChI=1S/C11H11ClN2/c12-10-6-7-13-8-11(10)14-9-4-2-1-3-5-9/h2,4-8,14H,1,3H2. The van der Waals surface area contributed by atoms with Crippen LogP contribution >= 0.6 is 11.6 Å². The van der Waals surface area contributed by atoms with E-state index in [1.807, 2.05) is 0 Å². The van der Waals surface area contributed by atoms with Gasteiger partial charge in [0.1, 0.15) is 0 Å². The molecule has 0 saturated heterocycles. The molecule has 1 aromatic heterocycles. The van der Waals surface area contributed by atoms with Crippen molar-refractivity contribution in [2.45, 2.75) is 12.8 Å². The van der Waals surface area contributed by atoms with Crippen LogP contribution in [0.5, 0.6) is 0 Å². The van der Waals surface area contributed by atoms with E-state index in [2.05, 4.69) is 28.5 Å². The smallest absolute Gasteiger partial charge is 0.0759 e. The van der Waals surface area contributed by atoms with Crippen LogP contribution < -0.4 is 5.32 Å². The molecule has 0 bridgehead atoms. The monoisotopic (exact) mass is 206 g/mol. The molecule has 0 aliphatic heterocycles. The summed E-state index contributed by atoms with van der Waals surface area (Å²) in [6.07, 6.45) is 12.0. The van der Waals surface area contributed by atoms with Gasteiger partial charge in [0.2, 0.25) is 0 Å². The average molecular weight is 207 g/mol. The highest BCUT2D eigenvalue weighted by Gasteiger charge is 2.01. The van der Waals surface area contributed by atoms with E-state index in [-0.39, 0.29) is 0 Å². The van der Waals surface area contributed by atoms with E-state index in [0.29, 0.717) is 5.02 Å². The van der Waals surface area contributed by atoms with E-state index in [1.165, 1.54) is 0 Å². The van der Waals surface area contributed by atoms with Gasteiger partial charge >= 0.3 is 0 Å². The molecule has 0 fully saturated rings. The molecule has 0 amide bonds. The Morgan fingerprint density at radius 2 is 2.29 bits per heavy atom. The summed E-state index contributed by atoms with van der Waals surface area (Å²) < 4.78 is 0. The first-order chi connectivity index (χ1) is 6.86. The van der Waals surface area contributed by atoms with Gasteiger partial charge in [0.05, 0.1) is 16.9 Å². The third-order valence-electron chi connectivity index (χ3n) is 2.04. The number of nitrogens with one attached hydrogen (secondary N) is 1. The number of hydrogen-bond acceptors (Lipinski definition) is 2. The van der Waals surface area contributed by atoms with Crippen molar-refractivity contribution in [1.29, 1.82) is 0 Å².